The van der Waals surface area contributed by atoms with Gasteiger partial charge in [-0.3, -0.25) is 9.78 Å². The lowest BCUT2D eigenvalue weighted by molar-refractivity contribution is 0.321. The van der Waals surface area contributed by atoms with Gasteiger partial charge in [-0.15, -0.1) is 0 Å². The van der Waals surface area contributed by atoms with E-state index in [0.717, 1.165) is 39.1 Å². The molecule has 0 spiro atoms. The molecule has 0 unspecified atom stereocenters. The Labute approximate surface area is 174 Å². The third-order valence-corrected chi connectivity index (χ3v) is 5.55. The van der Waals surface area contributed by atoms with Crippen LogP contribution < -0.4 is 10.5 Å². The Morgan fingerprint density at radius 1 is 1.13 bits per heavy atom. The van der Waals surface area contributed by atoms with Crippen LogP contribution in [0.2, 0.25) is 0 Å². The number of H-pyrrole nitrogens is 1. The predicted octanol–water partition coefficient (Wildman–Crippen LogP) is 3.84. The fraction of sp³-hybridized carbons (Fsp3) is 0.304. The van der Waals surface area contributed by atoms with E-state index in [0.29, 0.717) is 31.7 Å². The molecule has 2 heterocycles. The number of hydrogen-bond donors (Lipinski definition) is 2. The molecule has 0 atom stereocenters. The molecule has 0 aliphatic heterocycles. The molecule has 0 fully saturated rings. The van der Waals surface area contributed by atoms with Crippen LogP contribution in [0, 0.1) is 19.7 Å². The van der Waals surface area contributed by atoms with Crippen LogP contribution in [0.4, 0.5) is 4.39 Å². The number of halogens is 1. The molecule has 0 bridgehead atoms. The Morgan fingerprint density at radius 3 is 2.70 bits per heavy atom. The Balaban J connectivity index is 1.62. The van der Waals surface area contributed by atoms with Crippen molar-refractivity contribution in [2.45, 2.75) is 26.7 Å². The topological polar surface area (TPSA) is 81.8 Å². The van der Waals surface area contributed by atoms with Gasteiger partial charge in [0, 0.05) is 42.6 Å². The van der Waals surface area contributed by atoms with E-state index >= 15 is 0 Å². The van der Waals surface area contributed by atoms with Gasteiger partial charge in [-0.25, -0.2) is 4.39 Å². The van der Waals surface area contributed by atoms with E-state index in [4.69, 9.17) is 10.5 Å². The number of nitrogens with two attached hydrogens (primary N) is 1. The fourth-order valence-corrected chi connectivity index (χ4v) is 3.86. The van der Waals surface area contributed by atoms with Gasteiger partial charge in [0.25, 0.3) is 0 Å². The lowest BCUT2D eigenvalue weighted by Gasteiger charge is -2.13. The fourth-order valence-electron chi connectivity index (χ4n) is 3.86. The molecule has 6 nitrogen and oxygen atoms in total. The molecule has 30 heavy (non-hydrogen) atoms. The summed E-state index contributed by atoms with van der Waals surface area (Å²) in [6.07, 6.45) is 1.41. The van der Waals surface area contributed by atoms with E-state index in [1.54, 1.807) is 6.07 Å². The van der Waals surface area contributed by atoms with Crippen molar-refractivity contribution >= 4 is 10.9 Å². The quantitative estimate of drug-likeness (QED) is 0.488. The highest BCUT2D eigenvalue weighted by Crippen LogP contribution is 2.33. The van der Waals surface area contributed by atoms with Crippen molar-refractivity contribution in [1.82, 2.24) is 20.0 Å². The van der Waals surface area contributed by atoms with E-state index in [1.165, 1.54) is 17.7 Å². The number of ether oxygens (including phenoxy) is 1. The van der Waals surface area contributed by atoms with Gasteiger partial charge in [-0.2, -0.15) is 10.2 Å². The monoisotopic (exact) mass is 407 g/mol. The zero-order chi connectivity index (χ0) is 21.3. The van der Waals surface area contributed by atoms with Crippen molar-refractivity contribution in [2.75, 3.05) is 13.2 Å². The van der Waals surface area contributed by atoms with Crippen molar-refractivity contribution in [2.24, 2.45) is 12.8 Å². The zero-order valence-corrected chi connectivity index (χ0v) is 17.5. The van der Waals surface area contributed by atoms with Crippen LogP contribution >= 0.6 is 0 Å². The van der Waals surface area contributed by atoms with Gasteiger partial charge in [0.05, 0.1) is 23.5 Å². The molecule has 0 aliphatic carbocycles. The van der Waals surface area contributed by atoms with E-state index < -0.39 is 0 Å². The lowest BCUT2D eigenvalue weighted by atomic mass is 10.0. The predicted molar refractivity (Wildman–Crippen MR) is 116 cm³/mol. The highest BCUT2D eigenvalue weighted by molar-refractivity contribution is 5.87. The van der Waals surface area contributed by atoms with Crippen molar-refractivity contribution in [3.63, 3.8) is 0 Å². The molecule has 3 N–H and O–H groups in total. The molecule has 2 aromatic carbocycles. The molecular formula is C23H26FN5O. The molecule has 4 aromatic rings. The SMILES string of the molecule is Cc1nn(C)c(C)c1CCOc1cc(F)ccc1-c1ccc2[nH]nc(CCN)c2c1. The van der Waals surface area contributed by atoms with Crippen molar-refractivity contribution in [3.05, 3.63) is 64.9 Å². The summed E-state index contributed by atoms with van der Waals surface area (Å²) in [6.45, 7) is 5.01. The van der Waals surface area contributed by atoms with Crippen molar-refractivity contribution < 1.29 is 9.13 Å². The van der Waals surface area contributed by atoms with Gasteiger partial charge in [-0.1, -0.05) is 6.07 Å². The molecule has 0 saturated carbocycles. The van der Waals surface area contributed by atoms with Crippen LogP contribution in [-0.4, -0.2) is 33.1 Å². The first-order valence-corrected chi connectivity index (χ1v) is 10.1. The summed E-state index contributed by atoms with van der Waals surface area (Å²) in [4.78, 5) is 0. The number of benzene rings is 2. The molecule has 0 aliphatic rings. The number of aryl methyl sites for hydroxylation is 2. The summed E-state index contributed by atoms with van der Waals surface area (Å²) >= 11 is 0. The summed E-state index contributed by atoms with van der Waals surface area (Å²) in [6, 6.07) is 10.7. The van der Waals surface area contributed by atoms with E-state index in [1.807, 2.05) is 37.7 Å². The highest BCUT2D eigenvalue weighted by atomic mass is 19.1. The first-order chi connectivity index (χ1) is 14.5. The summed E-state index contributed by atoms with van der Waals surface area (Å²) < 4.78 is 21.9. The van der Waals surface area contributed by atoms with Crippen LogP contribution in [0.5, 0.6) is 5.75 Å². The van der Waals surface area contributed by atoms with E-state index in [9.17, 15) is 4.39 Å². The molecule has 0 amide bonds. The molecule has 0 saturated heterocycles. The van der Waals surface area contributed by atoms with Gasteiger partial charge < -0.3 is 10.5 Å². The molecular weight excluding hydrogens is 381 g/mol. The number of nitrogens with one attached hydrogen (secondary N) is 1. The minimum absolute atomic E-state index is 0.323. The first kappa shape index (κ1) is 20.1. The first-order valence-electron chi connectivity index (χ1n) is 10.1. The summed E-state index contributed by atoms with van der Waals surface area (Å²) in [5.41, 5.74) is 12.7. The smallest absolute Gasteiger partial charge is 0.130 e. The van der Waals surface area contributed by atoms with Crippen LogP contribution in [0.3, 0.4) is 0 Å². The normalized spacial score (nSPS) is 11.4. The molecule has 4 rings (SSSR count). The Kier molecular flexibility index (Phi) is 5.55. The van der Waals surface area contributed by atoms with Gasteiger partial charge in [-0.05, 0) is 55.8 Å². The van der Waals surface area contributed by atoms with E-state index in [-0.39, 0.29) is 5.82 Å². The van der Waals surface area contributed by atoms with E-state index in [2.05, 4.69) is 21.4 Å². The number of fused-ring (bicyclic) bond motifs is 1. The van der Waals surface area contributed by atoms with Crippen LogP contribution in [-0.2, 0) is 19.9 Å². The molecule has 7 heteroatoms. The standard InChI is InChI=1S/C23H26FN5O/c1-14-18(15(2)29(3)28-14)9-11-30-23-13-17(24)5-6-19(23)16-4-7-21-20(12-16)22(8-10-25)27-26-21/h4-7,12-13H,8-11,25H2,1-3H3,(H,26,27). The van der Waals surface area contributed by atoms with Crippen LogP contribution in [0.25, 0.3) is 22.0 Å². The molecule has 2 aromatic heterocycles. The second-order valence-corrected chi connectivity index (χ2v) is 7.48. The zero-order valence-electron chi connectivity index (χ0n) is 17.5. The minimum atomic E-state index is -0.323. The third-order valence-electron chi connectivity index (χ3n) is 5.55. The number of nitrogens with zero attached hydrogens (tertiary/aromatic N) is 3. The molecule has 0 radical (unpaired) electrons. The molecule has 156 valence electrons. The van der Waals surface area contributed by atoms with Gasteiger partial charge in [0.1, 0.15) is 11.6 Å². The van der Waals surface area contributed by atoms with Gasteiger partial charge >= 0.3 is 0 Å². The van der Waals surface area contributed by atoms with Crippen LogP contribution in [0.1, 0.15) is 22.6 Å². The summed E-state index contributed by atoms with van der Waals surface area (Å²) in [5, 5.41) is 12.9. The van der Waals surface area contributed by atoms with Crippen molar-refractivity contribution in [3.8, 4) is 16.9 Å². The second kappa shape index (κ2) is 8.28. The maximum absolute atomic E-state index is 14.0. The summed E-state index contributed by atoms with van der Waals surface area (Å²) in [7, 11) is 1.93. The largest absolute Gasteiger partial charge is 0.492 e. The number of rotatable bonds is 7. The highest BCUT2D eigenvalue weighted by Gasteiger charge is 2.13. The number of hydrogen-bond acceptors (Lipinski definition) is 4. The maximum atomic E-state index is 14.0. The number of aromatic nitrogens is 4. The van der Waals surface area contributed by atoms with Crippen molar-refractivity contribution in [1.29, 1.82) is 0 Å². The second-order valence-electron chi connectivity index (χ2n) is 7.48. The maximum Gasteiger partial charge on any atom is 0.130 e. The Hall–Kier alpha value is -3.19. The average molecular weight is 407 g/mol. The lowest BCUT2D eigenvalue weighted by Crippen LogP contribution is -2.05. The van der Waals surface area contributed by atoms with Gasteiger partial charge in [0.15, 0.2) is 0 Å². The summed E-state index contributed by atoms with van der Waals surface area (Å²) in [5.74, 6) is 0.202. The third kappa shape index (κ3) is 3.80. The van der Waals surface area contributed by atoms with Gasteiger partial charge in [0.2, 0.25) is 0 Å². The average Bonchev–Trinajstić information content (AvgIpc) is 3.23. The number of aromatic amines is 1. The van der Waals surface area contributed by atoms with Crippen LogP contribution in [0.15, 0.2) is 36.4 Å². The minimum Gasteiger partial charge on any atom is -0.492 e. The Bertz CT molecular complexity index is 1190. The Morgan fingerprint density at radius 2 is 1.97 bits per heavy atom.